The van der Waals surface area contributed by atoms with Gasteiger partial charge in [0.1, 0.15) is 0 Å². The fourth-order valence-electron chi connectivity index (χ4n) is 1.76. The van der Waals surface area contributed by atoms with E-state index in [-0.39, 0.29) is 18.1 Å². The van der Waals surface area contributed by atoms with E-state index in [0.717, 1.165) is 19.3 Å². The molecule has 1 aliphatic carbocycles. The third-order valence-corrected chi connectivity index (χ3v) is 2.40. The minimum atomic E-state index is -0.0172. The number of hydrogen-bond donors (Lipinski definition) is 1. The second kappa shape index (κ2) is 5.02. The quantitative estimate of drug-likeness (QED) is 0.669. The summed E-state index contributed by atoms with van der Waals surface area (Å²) < 4.78 is 5.26. The number of allylic oxidation sites excluding steroid dienone is 1. The SMILES string of the molecule is C/C=C/C(=O)NC1CCCC1OC. The molecule has 1 aliphatic rings. The van der Waals surface area contributed by atoms with Crippen LogP contribution in [0.1, 0.15) is 26.2 Å². The van der Waals surface area contributed by atoms with E-state index in [4.69, 9.17) is 4.74 Å². The van der Waals surface area contributed by atoms with E-state index in [1.165, 1.54) is 0 Å². The third kappa shape index (κ3) is 2.84. The van der Waals surface area contributed by atoms with Crippen molar-refractivity contribution in [3.63, 3.8) is 0 Å². The summed E-state index contributed by atoms with van der Waals surface area (Å²) in [4.78, 5) is 11.2. The minimum absolute atomic E-state index is 0.0172. The lowest BCUT2D eigenvalue weighted by atomic mass is 10.2. The maximum Gasteiger partial charge on any atom is 0.243 e. The van der Waals surface area contributed by atoms with Crippen LogP contribution in [0.3, 0.4) is 0 Å². The first-order chi connectivity index (χ1) is 6.27. The molecule has 0 radical (unpaired) electrons. The Labute approximate surface area is 79.2 Å². The zero-order valence-electron chi connectivity index (χ0n) is 8.25. The Morgan fingerprint density at radius 1 is 1.54 bits per heavy atom. The smallest absolute Gasteiger partial charge is 0.243 e. The molecule has 0 saturated heterocycles. The minimum Gasteiger partial charge on any atom is -0.379 e. The molecule has 1 amide bonds. The predicted molar refractivity (Wildman–Crippen MR) is 51.4 cm³/mol. The van der Waals surface area contributed by atoms with Crippen molar-refractivity contribution in [1.82, 2.24) is 5.32 Å². The Balaban J connectivity index is 2.39. The average Bonchev–Trinajstić information content (AvgIpc) is 2.52. The van der Waals surface area contributed by atoms with Gasteiger partial charge in [-0.1, -0.05) is 6.08 Å². The van der Waals surface area contributed by atoms with Crippen LogP contribution in [0.15, 0.2) is 12.2 Å². The number of ether oxygens (including phenoxy) is 1. The number of carbonyl (C=O) groups excluding carboxylic acids is 1. The van der Waals surface area contributed by atoms with Crippen molar-refractivity contribution in [2.24, 2.45) is 0 Å². The fourth-order valence-corrected chi connectivity index (χ4v) is 1.76. The number of nitrogens with one attached hydrogen (secondary N) is 1. The summed E-state index contributed by atoms with van der Waals surface area (Å²) in [5.74, 6) is -0.0172. The van der Waals surface area contributed by atoms with E-state index >= 15 is 0 Å². The van der Waals surface area contributed by atoms with Gasteiger partial charge in [0.2, 0.25) is 5.91 Å². The molecule has 2 atom stereocenters. The van der Waals surface area contributed by atoms with Crippen molar-refractivity contribution < 1.29 is 9.53 Å². The molecular weight excluding hydrogens is 166 g/mol. The van der Waals surface area contributed by atoms with Crippen molar-refractivity contribution in [1.29, 1.82) is 0 Å². The highest BCUT2D eigenvalue weighted by Crippen LogP contribution is 2.21. The molecule has 0 aromatic carbocycles. The lowest BCUT2D eigenvalue weighted by Crippen LogP contribution is -2.39. The molecule has 1 rings (SSSR count). The topological polar surface area (TPSA) is 38.3 Å². The van der Waals surface area contributed by atoms with Gasteiger partial charge in [-0.25, -0.2) is 0 Å². The molecule has 0 heterocycles. The van der Waals surface area contributed by atoms with Crippen LogP contribution in [0.2, 0.25) is 0 Å². The number of amides is 1. The zero-order valence-corrected chi connectivity index (χ0v) is 8.25. The molecule has 13 heavy (non-hydrogen) atoms. The van der Waals surface area contributed by atoms with Gasteiger partial charge in [-0.15, -0.1) is 0 Å². The van der Waals surface area contributed by atoms with Gasteiger partial charge in [0.25, 0.3) is 0 Å². The van der Waals surface area contributed by atoms with Crippen LogP contribution in [-0.4, -0.2) is 25.2 Å². The standard InChI is InChI=1S/C10H17NO2/c1-3-5-10(12)11-8-6-4-7-9(8)13-2/h3,5,8-9H,4,6-7H2,1-2H3,(H,11,12)/b5-3+. The molecule has 2 unspecified atom stereocenters. The monoisotopic (exact) mass is 183 g/mol. The Bertz CT molecular complexity index is 201. The first kappa shape index (κ1) is 10.3. The molecule has 74 valence electrons. The Kier molecular flexibility index (Phi) is 3.96. The van der Waals surface area contributed by atoms with Crippen LogP contribution >= 0.6 is 0 Å². The van der Waals surface area contributed by atoms with Crippen molar-refractivity contribution in [2.45, 2.75) is 38.3 Å². The van der Waals surface area contributed by atoms with E-state index in [1.807, 2.05) is 6.92 Å². The first-order valence-electron chi connectivity index (χ1n) is 4.74. The summed E-state index contributed by atoms with van der Waals surface area (Å²) in [6.45, 7) is 1.84. The van der Waals surface area contributed by atoms with Gasteiger partial charge < -0.3 is 10.1 Å². The van der Waals surface area contributed by atoms with Crippen LogP contribution in [0.5, 0.6) is 0 Å². The van der Waals surface area contributed by atoms with Crippen LogP contribution in [0, 0.1) is 0 Å². The summed E-state index contributed by atoms with van der Waals surface area (Å²) in [6, 6.07) is 0.202. The van der Waals surface area contributed by atoms with Gasteiger partial charge in [-0.2, -0.15) is 0 Å². The van der Waals surface area contributed by atoms with Crippen LogP contribution in [0.25, 0.3) is 0 Å². The molecule has 1 N–H and O–H groups in total. The normalized spacial score (nSPS) is 28.2. The van der Waals surface area contributed by atoms with Gasteiger partial charge in [0.05, 0.1) is 12.1 Å². The Morgan fingerprint density at radius 3 is 2.92 bits per heavy atom. The van der Waals surface area contributed by atoms with E-state index in [1.54, 1.807) is 19.3 Å². The molecule has 3 nitrogen and oxygen atoms in total. The molecular formula is C10H17NO2. The summed E-state index contributed by atoms with van der Waals surface area (Å²) >= 11 is 0. The molecule has 1 saturated carbocycles. The molecule has 3 heteroatoms. The van der Waals surface area contributed by atoms with Crippen molar-refractivity contribution in [3.8, 4) is 0 Å². The fraction of sp³-hybridized carbons (Fsp3) is 0.700. The second-order valence-corrected chi connectivity index (χ2v) is 3.32. The van der Waals surface area contributed by atoms with Crippen LogP contribution < -0.4 is 5.32 Å². The molecule has 0 bridgehead atoms. The molecule has 0 aromatic heterocycles. The van der Waals surface area contributed by atoms with E-state index in [0.29, 0.717) is 0 Å². The van der Waals surface area contributed by atoms with E-state index in [9.17, 15) is 4.79 Å². The van der Waals surface area contributed by atoms with E-state index in [2.05, 4.69) is 5.32 Å². The van der Waals surface area contributed by atoms with E-state index < -0.39 is 0 Å². The largest absolute Gasteiger partial charge is 0.379 e. The lowest BCUT2D eigenvalue weighted by Gasteiger charge is -2.18. The van der Waals surface area contributed by atoms with Crippen molar-refractivity contribution in [3.05, 3.63) is 12.2 Å². The number of carbonyl (C=O) groups is 1. The highest BCUT2D eigenvalue weighted by Gasteiger charge is 2.27. The maximum absolute atomic E-state index is 11.2. The van der Waals surface area contributed by atoms with Gasteiger partial charge in [0.15, 0.2) is 0 Å². The number of rotatable bonds is 3. The van der Waals surface area contributed by atoms with Crippen molar-refractivity contribution >= 4 is 5.91 Å². The predicted octanol–water partition coefficient (Wildman–Crippen LogP) is 1.25. The highest BCUT2D eigenvalue weighted by molar-refractivity contribution is 5.87. The molecule has 1 fully saturated rings. The lowest BCUT2D eigenvalue weighted by molar-refractivity contribution is -0.117. The number of methoxy groups -OCH3 is 1. The third-order valence-electron chi connectivity index (χ3n) is 2.40. The summed E-state index contributed by atoms with van der Waals surface area (Å²) in [5.41, 5.74) is 0. The summed E-state index contributed by atoms with van der Waals surface area (Å²) in [5, 5.41) is 2.93. The molecule has 0 aliphatic heterocycles. The second-order valence-electron chi connectivity index (χ2n) is 3.32. The summed E-state index contributed by atoms with van der Waals surface area (Å²) in [6.07, 6.45) is 6.71. The van der Waals surface area contributed by atoms with Crippen molar-refractivity contribution in [2.75, 3.05) is 7.11 Å². The molecule has 0 spiro atoms. The van der Waals surface area contributed by atoms with Gasteiger partial charge in [-0.3, -0.25) is 4.79 Å². The van der Waals surface area contributed by atoms with Crippen LogP contribution in [-0.2, 0) is 9.53 Å². The number of hydrogen-bond acceptors (Lipinski definition) is 2. The van der Waals surface area contributed by atoms with Gasteiger partial charge in [0, 0.05) is 7.11 Å². The zero-order chi connectivity index (χ0) is 9.68. The first-order valence-corrected chi connectivity index (χ1v) is 4.74. The Morgan fingerprint density at radius 2 is 2.31 bits per heavy atom. The summed E-state index contributed by atoms with van der Waals surface area (Å²) in [7, 11) is 1.70. The Hall–Kier alpha value is -0.830. The highest BCUT2D eigenvalue weighted by atomic mass is 16.5. The average molecular weight is 183 g/mol. The van der Waals surface area contributed by atoms with Gasteiger partial charge in [-0.05, 0) is 32.3 Å². The maximum atomic E-state index is 11.2. The van der Waals surface area contributed by atoms with Crippen LogP contribution in [0.4, 0.5) is 0 Å². The molecule has 0 aromatic rings. The van der Waals surface area contributed by atoms with Gasteiger partial charge >= 0.3 is 0 Å².